The van der Waals surface area contributed by atoms with Crippen LogP contribution in [0.25, 0.3) is 0 Å². The molecule has 0 radical (unpaired) electrons. The molecule has 4 aromatic rings. The summed E-state index contributed by atoms with van der Waals surface area (Å²) in [4.78, 5) is 0. The van der Waals surface area contributed by atoms with Gasteiger partial charge >= 0.3 is 0 Å². The fourth-order valence-electron chi connectivity index (χ4n) is 4.60. The summed E-state index contributed by atoms with van der Waals surface area (Å²) in [5.74, 6) is 1.82. The van der Waals surface area contributed by atoms with Crippen molar-refractivity contribution in [3.8, 4) is 23.0 Å². The number of ether oxygens (including phenoxy) is 2. The second kappa shape index (κ2) is 12.2. The van der Waals surface area contributed by atoms with Crippen LogP contribution in [0.4, 0.5) is 0 Å². The van der Waals surface area contributed by atoms with Crippen LogP contribution >= 0.6 is 0 Å². The van der Waals surface area contributed by atoms with E-state index in [4.69, 9.17) is 9.47 Å². The van der Waals surface area contributed by atoms with Gasteiger partial charge in [0.05, 0.1) is 0 Å². The number of phenolic OH excluding ortho intramolecular Hbond substituents is 2. The van der Waals surface area contributed by atoms with Crippen molar-refractivity contribution >= 4 is 0 Å². The normalized spacial score (nSPS) is 10.9. The van der Waals surface area contributed by atoms with Crippen molar-refractivity contribution in [1.82, 2.24) is 0 Å². The molecule has 0 aromatic heterocycles. The SMILES string of the molecule is C=CCCC(c1cc(COc2ccccc2)cc(C)c1O)c1cc(COc2ccccc2)cc(C)c1O. The molecule has 0 spiro atoms. The van der Waals surface area contributed by atoms with Crippen molar-refractivity contribution in [3.05, 3.63) is 131 Å². The zero-order valence-electron chi connectivity index (χ0n) is 21.5. The van der Waals surface area contributed by atoms with Gasteiger partial charge in [0, 0.05) is 17.0 Å². The van der Waals surface area contributed by atoms with Crippen molar-refractivity contribution in [2.24, 2.45) is 0 Å². The highest BCUT2D eigenvalue weighted by Gasteiger charge is 2.24. The number of aromatic hydroxyl groups is 2. The third-order valence-electron chi connectivity index (χ3n) is 6.49. The van der Waals surface area contributed by atoms with Crippen molar-refractivity contribution in [2.45, 2.75) is 45.8 Å². The minimum Gasteiger partial charge on any atom is -0.507 e. The molecule has 0 aliphatic carbocycles. The summed E-state index contributed by atoms with van der Waals surface area (Å²) >= 11 is 0. The van der Waals surface area contributed by atoms with E-state index in [0.29, 0.717) is 19.6 Å². The van der Waals surface area contributed by atoms with Gasteiger partial charge in [0.2, 0.25) is 0 Å². The Balaban J connectivity index is 1.68. The highest BCUT2D eigenvalue weighted by Crippen LogP contribution is 2.42. The topological polar surface area (TPSA) is 58.9 Å². The molecule has 0 saturated carbocycles. The molecular formula is C33H34O4. The van der Waals surface area contributed by atoms with Gasteiger partial charge < -0.3 is 19.7 Å². The summed E-state index contributed by atoms with van der Waals surface area (Å²) in [5, 5.41) is 22.3. The van der Waals surface area contributed by atoms with Gasteiger partial charge in [0.25, 0.3) is 0 Å². The lowest BCUT2D eigenvalue weighted by Crippen LogP contribution is -2.07. The smallest absolute Gasteiger partial charge is 0.122 e. The van der Waals surface area contributed by atoms with E-state index in [-0.39, 0.29) is 17.4 Å². The van der Waals surface area contributed by atoms with E-state index in [1.165, 1.54) is 0 Å². The molecule has 0 unspecified atom stereocenters. The molecule has 190 valence electrons. The summed E-state index contributed by atoms with van der Waals surface area (Å²) in [5.41, 5.74) is 4.99. The largest absolute Gasteiger partial charge is 0.507 e. The molecule has 0 aliphatic heterocycles. The van der Waals surface area contributed by atoms with Crippen molar-refractivity contribution < 1.29 is 19.7 Å². The number of hydrogen-bond acceptors (Lipinski definition) is 4. The van der Waals surface area contributed by atoms with Crippen molar-refractivity contribution in [1.29, 1.82) is 0 Å². The molecule has 4 aromatic carbocycles. The van der Waals surface area contributed by atoms with Crippen LogP contribution in [0, 0.1) is 13.8 Å². The first kappa shape index (κ1) is 25.9. The Morgan fingerprint density at radius 1 is 0.703 bits per heavy atom. The number of phenols is 2. The molecule has 2 N–H and O–H groups in total. The molecule has 0 atom stereocenters. The van der Waals surface area contributed by atoms with E-state index in [1.54, 1.807) is 0 Å². The van der Waals surface area contributed by atoms with Gasteiger partial charge in [0.1, 0.15) is 36.2 Å². The number of allylic oxidation sites excluding steroid dienone is 1. The number of aryl methyl sites for hydroxylation is 2. The van der Waals surface area contributed by atoms with E-state index in [9.17, 15) is 10.2 Å². The number of para-hydroxylation sites is 2. The van der Waals surface area contributed by atoms with Crippen LogP contribution < -0.4 is 9.47 Å². The van der Waals surface area contributed by atoms with Crippen LogP contribution in [0.5, 0.6) is 23.0 Å². The first-order valence-corrected chi connectivity index (χ1v) is 12.6. The summed E-state index contributed by atoms with van der Waals surface area (Å²) in [7, 11) is 0. The summed E-state index contributed by atoms with van der Waals surface area (Å²) < 4.78 is 12.0. The molecule has 37 heavy (non-hydrogen) atoms. The molecular weight excluding hydrogens is 460 g/mol. The van der Waals surface area contributed by atoms with Crippen LogP contribution in [0.2, 0.25) is 0 Å². The fourth-order valence-corrected chi connectivity index (χ4v) is 4.60. The van der Waals surface area contributed by atoms with Crippen LogP contribution in [0.3, 0.4) is 0 Å². The highest BCUT2D eigenvalue weighted by molar-refractivity contribution is 5.53. The predicted octanol–water partition coefficient (Wildman–Crippen LogP) is 7.97. The maximum atomic E-state index is 11.1. The number of hydrogen-bond donors (Lipinski definition) is 2. The molecule has 4 nitrogen and oxygen atoms in total. The lowest BCUT2D eigenvalue weighted by atomic mass is 9.83. The zero-order chi connectivity index (χ0) is 26.2. The molecule has 0 heterocycles. The second-order valence-corrected chi connectivity index (χ2v) is 9.32. The lowest BCUT2D eigenvalue weighted by Gasteiger charge is -2.23. The highest BCUT2D eigenvalue weighted by atomic mass is 16.5. The Labute approximate surface area is 219 Å². The molecule has 0 bridgehead atoms. The van der Waals surface area contributed by atoms with Gasteiger partial charge in [-0.3, -0.25) is 0 Å². The first-order chi connectivity index (χ1) is 18.0. The van der Waals surface area contributed by atoms with Gasteiger partial charge in [-0.2, -0.15) is 0 Å². The van der Waals surface area contributed by atoms with Crippen LogP contribution in [0.1, 0.15) is 52.1 Å². The minimum atomic E-state index is -0.233. The van der Waals surface area contributed by atoms with E-state index in [2.05, 4.69) is 6.58 Å². The Morgan fingerprint density at radius 2 is 1.14 bits per heavy atom. The van der Waals surface area contributed by atoms with Crippen LogP contribution in [0.15, 0.2) is 97.6 Å². The van der Waals surface area contributed by atoms with E-state index in [0.717, 1.165) is 51.3 Å². The Hall–Kier alpha value is -4.18. The third-order valence-corrected chi connectivity index (χ3v) is 6.49. The van der Waals surface area contributed by atoms with Gasteiger partial charge in [-0.25, -0.2) is 0 Å². The van der Waals surface area contributed by atoms with E-state index < -0.39 is 0 Å². The maximum Gasteiger partial charge on any atom is 0.122 e. The monoisotopic (exact) mass is 494 g/mol. The third kappa shape index (κ3) is 6.53. The molecule has 4 heteroatoms. The molecule has 0 aliphatic rings. The molecule has 0 fully saturated rings. The summed E-state index contributed by atoms with van der Waals surface area (Å²) in [6.07, 6.45) is 3.29. The minimum absolute atomic E-state index is 0.233. The Bertz CT molecular complexity index is 1230. The average Bonchev–Trinajstić information content (AvgIpc) is 2.92. The van der Waals surface area contributed by atoms with Crippen molar-refractivity contribution in [3.63, 3.8) is 0 Å². The lowest BCUT2D eigenvalue weighted by molar-refractivity contribution is 0.305. The Kier molecular flexibility index (Phi) is 8.52. The predicted molar refractivity (Wildman–Crippen MR) is 149 cm³/mol. The number of rotatable bonds is 11. The quantitative estimate of drug-likeness (QED) is 0.208. The molecule has 0 amide bonds. The first-order valence-electron chi connectivity index (χ1n) is 12.6. The van der Waals surface area contributed by atoms with Crippen LogP contribution in [-0.2, 0) is 13.2 Å². The fraction of sp³-hybridized carbons (Fsp3) is 0.212. The van der Waals surface area contributed by atoms with Gasteiger partial charge in [0.15, 0.2) is 0 Å². The van der Waals surface area contributed by atoms with E-state index in [1.807, 2.05) is 105 Å². The standard InChI is InChI=1S/C33H34O4/c1-4-5-16-29(30-19-25(17-23(2)32(30)34)21-36-27-12-8-6-9-13-27)31-20-26(18-24(3)33(31)35)22-37-28-14-10-7-11-15-28/h4,6-15,17-20,29,34-35H,1,5,16,21-22H2,2-3H3. The molecule has 0 saturated heterocycles. The molecule has 4 rings (SSSR count). The Morgan fingerprint density at radius 3 is 1.54 bits per heavy atom. The van der Waals surface area contributed by atoms with Crippen molar-refractivity contribution in [2.75, 3.05) is 0 Å². The van der Waals surface area contributed by atoms with Gasteiger partial charge in [-0.1, -0.05) is 42.5 Å². The zero-order valence-corrected chi connectivity index (χ0v) is 21.5. The number of benzene rings is 4. The second-order valence-electron chi connectivity index (χ2n) is 9.32. The van der Waals surface area contributed by atoms with Gasteiger partial charge in [-0.15, -0.1) is 6.58 Å². The van der Waals surface area contributed by atoms with E-state index >= 15 is 0 Å². The average molecular weight is 495 g/mol. The van der Waals surface area contributed by atoms with Crippen LogP contribution in [-0.4, -0.2) is 10.2 Å². The van der Waals surface area contributed by atoms with Gasteiger partial charge in [-0.05, 0) is 97.5 Å². The maximum absolute atomic E-state index is 11.1. The summed E-state index contributed by atoms with van der Waals surface area (Å²) in [6.45, 7) is 8.44. The summed E-state index contributed by atoms with van der Waals surface area (Å²) in [6, 6.07) is 27.2.